The Kier molecular flexibility index (Phi) is 6.27. The van der Waals surface area contributed by atoms with Gasteiger partial charge in [-0.25, -0.2) is 14.2 Å². The monoisotopic (exact) mass is 551 g/mol. The number of nitrogens with zero attached hydrogens (tertiary/aromatic N) is 6. The maximum atomic E-state index is 16.6. The van der Waals surface area contributed by atoms with E-state index in [2.05, 4.69) is 19.7 Å². The summed E-state index contributed by atoms with van der Waals surface area (Å²) < 4.78 is 16.6. The lowest BCUT2D eigenvalue weighted by Gasteiger charge is -2.45. The molecule has 1 amide bonds. The van der Waals surface area contributed by atoms with Crippen LogP contribution in [0, 0.1) is 5.82 Å². The van der Waals surface area contributed by atoms with Crippen molar-refractivity contribution in [3.05, 3.63) is 47.4 Å². The van der Waals surface area contributed by atoms with E-state index in [-0.39, 0.29) is 22.6 Å². The molecule has 0 radical (unpaired) electrons. The molecular weight excluding hydrogens is 521 g/mol. The molecule has 2 aliphatic rings. The van der Waals surface area contributed by atoms with Gasteiger partial charge in [0, 0.05) is 67.0 Å². The van der Waals surface area contributed by atoms with Gasteiger partial charge in [-0.1, -0.05) is 29.8 Å². The molecule has 0 saturated carbocycles. The smallest absolute Gasteiger partial charge is 0.407 e. The number of hydrogen-bond donors (Lipinski definition) is 2. The first-order valence-corrected chi connectivity index (χ1v) is 13.5. The number of aromatic amines is 1. The van der Waals surface area contributed by atoms with Gasteiger partial charge in [-0.15, -0.1) is 0 Å². The average Bonchev–Trinajstić information content (AvgIpc) is 3.34. The lowest BCUT2D eigenvalue weighted by molar-refractivity contribution is 0.114. The number of carbonyl (C=O) groups is 1. The number of amides is 1. The van der Waals surface area contributed by atoms with Crippen molar-refractivity contribution in [1.29, 1.82) is 0 Å². The van der Waals surface area contributed by atoms with E-state index in [1.54, 1.807) is 6.07 Å². The van der Waals surface area contributed by atoms with Gasteiger partial charge in [-0.3, -0.25) is 0 Å². The molecule has 39 heavy (non-hydrogen) atoms. The molecule has 9 nitrogen and oxygen atoms in total. The predicted molar refractivity (Wildman–Crippen MR) is 152 cm³/mol. The Morgan fingerprint density at radius 3 is 2.62 bits per heavy atom. The third-order valence-corrected chi connectivity index (χ3v) is 8.38. The molecular formula is C28H31ClFN7O2. The predicted octanol–water partition coefficient (Wildman–Crippen LogP) is 4.90. The van der Waals surface area contributed by atoms with Crippen molar-refractivity contribution in [3.63, 3.8) is 0 Å². The number of aromatic nitrogens is 3. The number of nitrogens with one attached hydrogen (secondary N) is 1. The number of benzene rings is 2. The largest absolute Gasteiger partial charge is 0.465 e. The average molecular weight is 552 g/mol. The van der Waals surface area contributed by atoms with Crippen LogP contribution in [-0.4, -0.2) is 94.4 Å². The number of likely N-dealkylation sites (N-methyl/N-ethyl adjacent to an activating group) is 1. The number of carboxylic acid groups (broad SMARTS) is 1. The molecule has 6 rings (SSSR count). The van der Waals surface area contributed by atoms with Crippen LogP contribution >= 0.6 is 11.6 Å². The Balaban J connectivity index is 1.53. The topological polar surface area (TPSA) is 91.8 Å². The van der Waals surface area contributed by atoms with E-state index in [4.69, 9.17) is 21.6 Å². The molecule has 2 atom stereocenters. The molecule has 0 aliphatic carbocycles. The fraction of sp³-hybridized carbons (Fsp3) is 0.393. The molecule has 4 heterocycles. The van der Waals surface area contributed by atoms with E-state index in [9.17, 15) is 9.90 Å². The van der Waals surface area contributed by atoms with E-state index in [1.165, 1.54) is 4.90 Å². The fourth-order valence-electron chi connectivity index (χ4n) is 5.70. The molecule has 2 aromatic heterocycles. The molecule has 2 aromatic carbocycles. The number of rotatable bonds is 4. The molecule has 11 heteroatoms. The quantitative estimate of drug-likeness (QED) is 0.373. The Morgan fingerprint density at radius 1 is 1.13 bits per heavy atom. The van der Waals surface area contributed by atoms with Crippen molar-refractivity contribution in [1.82, 2.24) is 24.8 Å². The highest BCUT2D eigenvalue weighted by Gasteiger charge is 2.36. The number of fused-ring (bicyclic) bond motifs is 2. The minimum atomic E-state index is -0.949. The maximum absolute atomic E-state index is 16.6. The van der Waals surface area contributed by atoms with Crippen LogP contribution in [0.15, 0.2) is 36.5 Å². The van der Waals surface area contributed by atoms with Gasteiger partial charge in [0.2, 0.25) is 5.95 Å². The molecule has 0 spiro atoms. The van der Waals surface area contributed by atoms with Crippen LogP contribution in [0.3, 0.4) is 0 Å². The Morgan fingerprint density at radius 2 is 1.90 bits per heavy atom. The highest BCUT2D eigenvalue weighted by Crippen LogP contribution is 2.41. The lowest BCUT2D eigenvalue weighted by Crippen LogP contribution is -2.59. The second-order valence-corrected chi connectivity index (χ2v) is 11.3. The highest BCUT2D eigenvalue weighted by atomic mass is 35.5. The van der Waals surface area contributed by atoms with Gasteiger partial charge in [0.25, 0.3) is 0 Å². The number of anilines is 2. The SMILES string of the molecule is C[C@@H]1CN(c2nc(N3CC(N(C)C)C3)nc3c(F)c(-c4cccc5cc[nH]c45)c(Cl)cc23)[C@@H](C)CN1C(=O)O. The van der Waals surface area contributed by atoms with Crippen LogP contribution in [-0.2, 0) is 0 Å². The summed E-state index contributed by atoms with van der Waals surface area (Å²) in [6.07, 6.45) is 0.874. The molecule has 2 N–H and O–H groups in total. The van der Waals surface area contributed by atoms with Gasteiger partial charge in [0.1, 0.15) is 11.3 Å². The zero-order chi connectivity index (χ0) is 27.6. The minimum Gasteiger partial charge on any atom is -0.465 e. The van der Waals surface area contributed by atoms with Gasteiger partial charge < -0.3 is 29.7 Å². The molecule has 2 saturated heterocycles. The van der Waals surface area contributed by atoms with E-state index < -0.39 is 11.9 Å². The number of piperazine rings is 1. The van der Waals surface area contributed by atoms with Crippen molar-refractivity contribution >= 4 is 51.3 Å². The standard InChI is InChI=1S/C28H31ClFN7O2/c1-15-12-37(28(38)39)16(2)11-36(15)26-20-10-21(29)22(19-7-5-6-17-8-9-31-24(17)19)23(30)25(20)32-27(33-26)35-13-18(14-35)34(3)4/h5-10,15-16,18,31H,11-14H2,1-4H3,(H,38,39)/t15-,16+/m0/s1. The number of H-pyrrole nitrogens is 1. The Bertz CT molecular complexity index is 1590. The molecule has 204 valence electrons. The van der Waals surface area contributed by atoms with Gasteiger partial charge in [-0.2, -0.15) is 4.98 Å². The molecule has 0 unspecified atom stereocenters. The summed E-state index contributed by atoms with van der Waals surface area (Å²) in [5.74, 6) is 0.526. The first-order valence-electron chi connectivity index (χ1n) is 13.1. The van der Waals surface area contributed by atoms with Crippen LogP contribution in [0.4, 0.5) is 21.0 Å². The van der Waals surface area contributed by atoms with E-state index in [0.29, 0.717) is 47.4 Å². The van der Waals surface area contributed by atoms with E-state index >= 15 is 4.39 Å². The molecule has 0 bridgehead atoms. The highest BCUT2D eigenvalue weighted by molar-refractivity contribution is 6.35. The van der Waals surface area contributed by atoms with Gasteiger partial charge in [0.05, 0.1) is 10.5 Å². The summed E-state index contributed by atoms with van der Waals surface area (Å²) in [7, 11) is 4.07. The lowest BCUT2D eigenvalue weighted by atomic mass is 10.00. The van der Waals surface area contributed by atoms with Crippen molar-refractivity contribution < 1.29 is 14.3 Å². The number of halogens is 2. The van der Waals surface area contributed by atoms with Crippen molar-refractivity contribution in [2.24, 2.45) is 0 Å². The van der Waals surface area contributed by atoms with E-state index in [1.807, 2.05) is 58.4 Å². The van der Waals surface area contributed by atoms with Crippen molar-refractivity contribution in [2.75, 3.05) is 50.1 Å². The summed E-state index contributed by atoms with van der Waals surface area (Å²) in [6.45, 7) is 6.03. The summed E-state index contributed by atoms with van der Waals surface area (Å²) in [5, 5.41) is 11.4. The van der Waals surface area contributed by atoms with Gasteiger partial charge >= 0.3 is 6.09 Å². The summed E-state index contributed by atoms with van der Waals surface area (Å²) in [5.41, 5.74) is 1.96. The van der Waals surface area contributed by atoms with E-state index in [0.717, 1.165) is 24.0 Å². The second-order valence-electron chi connectivity index (χ2n) is 10.8. The zero-order valence-electron chi connectivity index (χ0n) is 22.3. The fourth-order valence-corrected chi connectivity index (χ4v) is 6.00. The molecule has 4 aromatic rings. The van der Waals surface area contributed by atoms with Crippen molar-refractivity contribution in [2.45, 2.75) is 32.0 Å². The van der Waals surface area contributed by atoms with Crippen LogP contribution < -0.4 is 9.80 Å². The third-order valence-electron chi connectivity index (χ3n) is 8.09. The van der Waals surface area contributed by atoms with Crippen LogP contribution in [0.5, 0.6) is 0 Å². The summed E-state index contributed by atoms with van der Waals surface area (Å²) in [4.78, 5) is 32.4. The second kappa shape index (κ2) is 9.53. The third kappa shape index (κ3) is 4.22. The Labute approximate surface area is 230 Å². The van der Waals surface area contributed by atoms with Crippen LogP contribution in [0.2, 0.25) is 5.02 Å². The van der Waals surface area contributed by atoms with Crippen LogP contribution in [0.1, 0.15) is 13.8 Å². The number of para-hydroxylation sites is 1. The molecule has 2 fully saturated rings. The summed E-state index contributed by atoms with van der Waals surface area (Å²) in [6, 6.07) is 9.30. The first-order chi connectivity index (χ1) is 18.6. The first kappa shape index (κ1) is 25.6. The van der Waals surface area contributed by atoms with Gasteiger partial charge in [0.15, 0.2) is 5.82 Å². The number of hydrogen-bond acceptors (Lipinski definition) is 6. The van der Waals surface area contributed by atoms with Gasteiger partial charge in [-0.05, 0) is 45.5 Å². The van der Waals surface area contributed by atoms with Crippen molar-refractivity contribution in [3.8, 4) is 11.1 Å². The Hall–Kier alpha value is -3.63. The summed E-state index contributed by atoms with van der Waals surface area (Å²) >= 11 is 6.82. The zero-order valence-corrected chi connectivity index (χ0v) is 23.1. The molecule has 2 aliphatic heterocycles. The van der Waals surface area contributed by atoms with Crippen LogP contribution in [0.25, 0.3) is 32.9 Å². The minimum absolute atomic E-state index is 0.177. The normalized spacial score (nSPS) is 20.3. The maximum Gasteiger partial charge on any atom is 0.407 e.